The molecule has 156 valence electrons. The van der Waals surface area contributed by atoms with Gasteiger partial charge in [-0.3, -0.25) is 14.6 Å². The topological polar surface area (TPSA) is 62.3 Å². The van der Waals surface area contributed by atoms with E-state index in [0.717, 1.165) is 45.2 Å². The lowest BCUT2D eigenvalue weighted by Crippen LogP contribution is -2.44. The highest BCUT2D eigenvalue weighted by molar-refractivity contribution is 5.92. The fraction of sp³-hybridized carbons (Fsp3) is 0.480. The standard InChI is InChI=1S/C25H29N3O2/c29-23(27-19-6-5-7-19)16-18-17-25(21-9-2-1-8-20(18)21)11-14-28(15-12-25)24(30)22-10-3-4-13-26-22/h1-4,8-10,13,18-19H,5-7,11-12,14-17H2,(H,27,29)/t18-/m0/s1. The molecule has 2 amide bonds. The van der Waals surface area contributed by atoms with Crippen LogP contribution in [0.2, 0.25) is 0 Å². The van der Waals surface area contributed by atoms with Crippen LogP contribution in [-0.2, 0) is 10.2 Å². The summed E-state index contributed by atoms with van der Waals surface area (Å²) in [6, 6.07) is 14.5. The zero-order chi connectivity index (χ0) is 20.6. The van der Waals surface area contributed by atoms with Crippen LogP contribution in [0.3, 0.4) is 0 Å². The summed E-state index contributed by atoms with van der Waals surface area (Å²) in [4.78, 5) is 31.6. The number of piperidine rings is 1. The van der Waals surface area contributed by atoms with Crippen molar-refractivity contribution in [2.45, 2.75) is 62.3 Å². The van der Waals surface area contributed by atoms with Crippen molar-refractivity contribution >= 4 is 11.8 Å². The van der Waals surface area contributed by atoms with E-state index in [4.69, 9.17) is 0 Å². The van der Waals surface area contributed by atoms with Gasteiger partial charge in [0, 0.05) is 31.7 Å². The molecule has 30 heavy (non-hydrogen) atoms. The van der Waals surface area contributed by atoms with Gasteiger partial charge in [0.15, 0.2) is 0 Å². The van der Waals surface area contributed by atoms with Crippen LogP contribution in [0.5, 0.6) is 0 Å². The van der Waals surface area contributed by atoms with E-state index < -0.39 is 0 Å². The van der Waals surface area contributed by atoms with Crippen LogP contribution in [0.4, 0.5) is 0 Å². The molecule has 1 atom stereocenters. The summed E-state index contributed by atoms with van der Waals surface area (Å²) < 4.78 is 0. The molecule has 2 fully saturated rings. The molecule has 1 aliphatic heterocycles. The summed E-state index contributed by atoms with van der Waals surface area (Å²) in [5.74, 6) is 0.492. The van der Waals surface area contributed by atoms with E-state index in [-0.39, 0.29) is 23.1 Å². The highest BCUT2D eigenvalue weighted by Crippen LogP contribution is 2.52. The summed E-state index contributed by atoms with van der Waals surface area (Å²) in [5.41, 5.74) is 3.34. The minimum absolute atomic E-state index is 0.0214. The molecular formula is C25H29N3O2. The first kappa shape index (κ1) is 19.3. The van der Waals surface area contributed by atoms with Crippen LogP contribution in [0.25, 0.3) is 0 Å². The lowest BCUT2D eigenvalue weighted by atomic mass is 9.73. The number of carbonyl (C=O) groups is 2. The number of amides is 2. The van der Waals surface area contributed by atoms with Gasteiger partial charge in [0.05, 0.1) is 0 Å². The number of nitrogens with zero attached hydrogens (tertiary/aromatic N) is 2. The third-order valence-corrected chi connectivity index (χ3v) is 7.40. The Morgan fingerprint density at radius 2 is 1.83 bits per heavy atom. The normalized spacial score (nSPS) is 22.4. The summed E-state index contributed by atoms with van der Waals surface area (Å²) in [6.45, 7) is 1.48. The fourth-order valence-corrected chi connectivity index (χ4v) is 5.54. The molecule has 0 unspecified atom stereocenters. The second-order valence-electron chi connectivity index (χ2n) is 9.18. The Labute approximate surface area is 177 Å². The van der Waals surface area contributed by atoms with Crippen LogP contribution >= 0.6 is 0 Å². The molecule has 2 heterocycles. The van der Waals surface area contributed by atoms with Gasteiger partial charge in [-0.05, 0) is 73.1 Å². The van der Waals surface area contributed by atoms with Gasteiger partial charge in [0.2, 0.25) is 5.91 Å². The first-order chi connectivity index (χ1) is 14.6. The average molecular weight is 404 g/mol. The van der Waals surface area contributed by atoms with Crippen LogP contribution in [-0.4, -0.2) is 40.8 Å². The van der Waals surface area contributed by atoms with E-state index >= 15 is 0 Å². The molecule has 1 aromatic carbocycles. The Bertz CT molecular complexity index is 930. The van der Waals surface area contributed by atoms with Crippen molar-refractivity contribution < 1.29 is 9.59 Å². The third kappa shape index (κ3) is 3.51. The molecule has 5 rings (SSSR count). The molecule has 1 N–H and O–H groups in total. The van der Waals surface area contributed by atoms with Gasteiger partial charge in [0.1, 0.15) is 5.69 Å². The fourth-order valence-electron chi connectivity index (χ4n) is 5.54. The number of fused-ring (bicyclic) bond motifs is 2. The number of hydrogen-bond acceptors (Lipinski definition) is 3. The first-order valence-corrected chi connectivity index (χ1v) is 11.2. The smallest absolute Gasteiger partial charge is 0.272 e. The molecule has 0 bridgehead atoms. The van der Waals surface area contributed by atoms with Crippen molar-refractivity contribution in [3.63, 3.8) is 0 Å². The van der Waals surface area contributed by atoms with E-state index in [1.807, 2.05) is 17.0 Å². The molecule has 5 heteroatoms. The van der Waals surface area contributed by atoms with Gasteiger partial charge >= 0.3 is 0 Å². The van der Waals surface area contributed by atoms with Gasteiger partial charge in [0.25, 0.3) is 5.91 Å². The summed E-state index contributed by atoms with van der Waals surface area (Å²) in [5, 5.41) is 3.21. The van der Waals surface area contributed by atoms with Gasteiger partial charge in [-0.1, -0.05) is 30.3 Å². The monoisotopic (exact) mass is 403 g/mol. The van der Waals surface area contributed by atoms with E-state index in [1.54, 1.807) is 12.3 Å². The summed E-state index contributed by atoms with van der Waals surface area (Å²) in [6.07, 6.45) is 8.63. The highest BCUT2D eigenvalue weighted by atomic mass is 16.2. The molecule has 1 aromatic heterocycles. The molecule has 3 aliphatic rings. The Hall–Kier alpha value is -2.69. The van der Waals surface area contributed by atoms with Crippen LogP contribution in [0.15, 0.2) is 48.7 Å². The lowest BCUT2D eigenvalue weighted by molar-refractivity contribution is -0.122. The maximum atomic E-state index is 12.8. The highest BCUT2D eigenvalue weighted by Gasteiger charge is 2.46. The van der Waals surface area contributed by atoms with Crippen molar-refractivity contribution in [2.75, 3.05) is 13.1 Å². The van der Waals surface area contributed by atoms with Crippen molar-refractivity contribution in [1.29, 1.82) is 0 Å². The number of hydrogen-bond donors (Lipinski definition) is 1. The quantitative estimate of drug-likeness (QED) is 0.845. The van der Waals surface area contributed by atoms with Crippen LogP contribution in [0, 0.1) is 0 Å². The number of likely N-dealkylation sites (tertiary alicyclic amines) is 1. The molecule has 1 saturated carbocycles. The molecular weight excluding hydrogens is 374 g/mol. The van der Waals surface area contributed by atoms with Gasteiger partial charge in [-0.25, -0.2) is 0 Å². The Kier molecular flexibility index (Phi) is 5.05. The van der Waals surface area contributed by atoms with E-state index in [0.29, 0.717) is 18.2 Å². The molecule has 2 aliphatic carbocycles. The van der Waals surface area contributed by atoms with Gasteiger partial charge in [-0.2, -0.15) is 0 Å². The molecule has 1 saturated heterocycles. The zero-order valence-corrected chi connectivity index (χ0v) is 17.3. The Balaban J connectivity index is 1.29. The Morgan fingerprint density at radius 1 is 1.07 bits per heavy atom. The van der Waals surface area contributed by atoms with Crippen LogP contribution in [0.1, 0.15) is 72.5 Å². The van der Waals surface area contributed by atoms with Gasteiger partial charge in [-0.15, -0.1) is 0 Å². The second kappa shape index (κ2) is 7.86. The van der Waals surface area contributed by atoms with E-state index in [1.165, 1.54) is 17.5 Å². The second-order valence-corrected chi connectivity index (χ2v) is 9.18. The minimum atomic E-state index is 0.0214. The van der Waals surface area contributed by atoms with Crippen LogP contribution < -0.4 is 5.32 Å². The van der Waals surface area contributed by atoms with Crippen molar-refractivity contribution in [3.05, 3.63) is 65.5 Å². The number of rotatable bonds is 4. The predicted molar refractivity (Wildman–Crippen MR) is 115 cm³/mol. The number of aromatic nitrogens is 1. The van der Waals surface area contributed by atoms with Crippen molar-refractivity contribution in [1.82, 2.24) is 15.2 Å². The first-order valence-electron chi connectivity index (χ1n) is 11.2. The zero-order valence-electron chi connectivity index (χ0n) is 17.3. The number of carbonyl (C=O) groups excluding carboxylic acids is 2. The van der Waals surface area contributed by atoms with Gasteiger partial charge < -0.3 is 10.2 Å². The van der Waals surface area contributed by atoms with E-state index in [2.05, 4.69) is 34.6 Å². The lowest BCUT2D eigenvalue weighted by Gasteiger charge is -2.40. The number of benzene rings is 1. The molecule has 5 nitrogen and oxygen atoms in total. The maximum absolute atomic E-state index is 12.8. The predicted octanol–water partition coefficient (Wildman–Crippen LogP) is 3.80. The van der Waals surface area contributed by atoms with Crippen molar-refractivity contribution in [2.24, 2.45) is 0 Å². The summed E-state index contributed by atoms with van der Waals surface area (Å²) in [7, 11) is 0. The third-order valence-electron chi connectivity index (χ3n) is 7.40. The number of nitrogens with one attached hydrogen (secondary N) is 1. The maximum Gasteiger partial charge on any atom is 0.272 e. The minimum Gasteiger partial charge on any atom is -0.353 e. The average Bonchev–Trinajstić information content (AvgIpc) is 3.05. The molecule has 0 radical (unpaired) electrons. The largest absolute Gasteiger partial charge is 0.353 e. The number of pyridine rings is 1. The van der Waals surface area contributed by atoms with Crippen molar-refractivity contribution in [3.8, 4) is 0 Å². The Morgan fingerprint density at radius 3 is 2.53 bits per heavy atom. The molecule has 2 aromatic rings. The summed E-state index contributed by atoms with van der Waals surface area (Å²) >= 11 is 0. The SMILES string of the molecule is O=C(C[C@H]1CC2(CCN(C(=O)c3ccccn3)CC2)c2ccccc21)NC1CCC1. The molecule has 1 spiro atoms. The van der Waals surface area contributed by atoms with E-state index in [9.17, 15) is 9.59 Å².